The van der Waals surface area contributed by atoms with E-state index in [9.17, 15) is 9.59 Å². The van der Waals surface area contributed by atoms with Crippen molar-refractivity contribution in [2.75, 3.05) is 19.0 Å². The minimum atomic E-state index is -0.242. The van der Waals surface area contributed by atoms with Gasteiger partial charge in [0, 0.05) is 33.3 Å². The van der Waals surface area contributed by atoms with Gasteiger partial charge < -0.3 is 10.2 Å². The summed E-state index contributed by atoms with van der Waals surface area (Å²) in [7, 11) is 3.82. The largest absolute Gasteiger partial charge is 0.363 e. The Bertz CT molecular complexity index is 983. The van der Waals surface area contributed by atoms with Crippen LogP contribution in [0.2, 0.25) is 0 Å². The normalized spacial score (nSPS) is 10.7. The first-order valence-electron chi connectivity index (χ1n) is 8.26. The van der Waals surface area contributed by atoms with Gasteiger partial charge in [-0.3, -0.25) is 9.59 Å². The number of aromatic nitrogens is 4. The van der Waals surface area contributed by atoms with E-state index in [0.717, 1.165) is 11.4 Å². The minimum Gasteiger partial charge on any atom is -0.363 e. The first kappa shape index (κ1) is 17.5. The van der Waals surface area contributed by atoms with Crippen molar-refractivity contribution in [3.05, 3.63) is 58.5 Å². The van der Waals surface area contributed by atoms with E-state index in [1.165, 1.54) is 4.68 Å². The summed E-state index contributed by atoms with van der Waals surface area (Å²) in [6.45, 7) is 0.586. The fourth-order valence-electron chi connectivity index (χ4n) is 2.48. The summed E-state index contributed by atoms with van der Waals surface area (Å²) in [6.07, 6.45) is 1.86. The van der Waals surface area contributed by atoms with Crippen LogP contribution in [0.4, 0.5) is 5.82 Å². The number of rotatable bonds is 6. The second-order valence-electron chi connectivity index (χ2n) is 6.08. The van der Waals surface area contributed by atoms with Crippen LogP contribution in [0.3, 0.4) is 0 Å². The Morgan fingerprint density at radius 1 is 1.23 bits per heavy atom. The maximum Gasteiger partial charge on any atom is 0.277 e. The van der Waals surface area contributed by atoms with Crippen molar-refractivity contribution >= 4 is 22.6 Å². The standard InChI is InChI=1S/C18H20N6O2/c1-23(2)16-11-13(7-9-19-16)12-20-17(25)8-10-24-18(26)14-5-3-4-6-15(14)21-22-24/h3-7,9,11H,8,10,12H2,1-2H3,(H,20,25). The van der Waals surface area contributed by atoms with Crippen LogP contribution < -0.4 is 15.8 Å². The Balaban J connectivity index is 1.59. The number of amides is 1. The highest BCUT2D eigenvalue weighted by molar-refractivity contribution is 5.77. The molecule has 3 aromatic rings. The third-order valence-corrected chi connectivity index (χ3v) is 3.94. The van der Waals surface area contributed by atoms with Crippen LogP contribution >= 0.6 is 0 Å². The lowest BCUT2D eigenvalue weighted by Crippen LogP contribution is -2.29. The van der Waals surface area contributed by atoms with Crippen LogP contribution in [0.25, 0.3) is 10.9 Å². The Labute approximate surface area is 150 Å². The molecule has 2 aromatic heterocycles. The average molecular weight is 352 g/mol. The lowest BCUT2D eigenvalue weighted by Gasteiger charge is -2.12. The van der Waals surface area contributed by atoms with Gasteiger partial charge >= 0.3 is 0 Å². The number of hydrogen-bond acceptors (Lipinski definition) is 6. The zero-order chi connectivity index (χ0) is 18.5. The van der Waals surface area contributed by atoms with Crippen molar-refractivity contribution in [2.24, 2.45) is 0 Å². The lowest BCUT2D eigenvalue weighted by molar-refractivity contribution is -0.121. The molecule has 0 aliphatic rings. The summed E-state index contributed by atoms with van der Waals surface area (Å²) in [6, 6.07) is 10.8. The topological polar surface area (TPSA) is 93.0 Å². The van der Waals surface area contributed by atoms with Crippen LogP contribution in [0.5, 0.6) is 0 Å². The molecule has 0 aliphatic heterocycles. The monoisotopic (exact) mass is 352 g/mol. The molecule has 0 atom stereocenters. The smallest absolute Gasteiger partial charge is 0.277 e. The van der Waals surface area contributed by atoms with Gasteiger partial charge in [-0.25, -0.2) is 9.67 Å². The molecule has 1 N–H and O–H groups in total. The van der Waals surface area contributed by atoms with Crippen molar-refractivity contribution in [1.29, 1.82) is 0 Å². The number of pyridine rings is 1. The average Bonchev–Trinajstić information content (AvgIpc) is 2.66. The molecule has 0 saturated carbocycles. The maximum atomic E-state index is 12.3. The Morgan fingerprint density at radius 3 is 2.85 bits per heavy atom. The molecule has 3 rings (SSSR count). The van der Waals surface area contributed by atoms with Crippen molar-refractivity contribution in [3.63, 3.8) is 0 Å². The zero-order valence-corrected chi connectivity index (χ0v) is 14.7. The fourth-order valence-corrected chi connectivity index (χ4v) is 2.48. The van der Waals surface area contributed by atoms with Crippen LogP contribution in [0.1, 0.15) is 12.0 Å². The highest BCUT2D eigenvalue weighted by atomic mass is 16.2. The Morgan fingerprint density at radius 2 is 2.04 bits per heavy atom. The molecule has 0 fully saturated rings. The second kappa shape index (κ2) is 7.73. The fraction of sp³-hybridized carbons (Fsp3) is 0.278. The van der Waals surface area contributed by atoms with E-state index in [4.69, 9.17) is 0 Å². The van der Waals surface area contributed by atoms with Gasteiger partial charge in [0.1, 0.15) is 11.3 Å². The molecule has 26 heavy (non-hydrogen) atoms. The summed E-state index contributed by atoms with van der Waals surface area (Å²) in [5.74, 6) is 0.671. The van der Waals surface area contributed by atoms with Gasteiger partial charge in [-0.05, 0) is 29.8 Å². The molecule has 0 bridgehead atoms. The van der Waals surface area contributed by atoms with E-state index in [1.807, 2.05) is 31.1 Å². The number of carbonyl (C=O) groups excluding carboxylic acids is 1. The number of fused-ring (bicyclic) bond motifs is 1. The van der Waals surface area contributed by atoms with Crippen LogP contribution in [0, 0.1) is 0 Å². The minimum absolute atomic E-state index is 0.151. The number of aryl methyl sites for hydroxylation is 1. The van der Waals surface area contributed by atoms with Crippen molar-refractivity contribution < 1.29 is 4.79 Å². The molecule has 8 nitrogen and oxygen atoms in total. The summed E-state index contributed by atoms with van der Waals surface area (Å²) in [5.41, 5.74) is 1.26. The Hall–Kier alpha value is -3.29. The van der Waals surface area contributed by atoms with Crippen molar-refractivity contribution in [2.45, 2.75) is 19.5 Å². The van der Waals surface area contributed by atoms with Crippen LogP contribution in [-0.4, -0.2) is 40.0 Å². The first-order chi connectivity index (χ1) is 12.5. The number of nitrogens with zero attached hydrogens (tertiary/aromatic N) is 5. The van der Waals surface area contributed by atoms with E-state index in [0.29, 0.717) is 17.4 Å². The summed E-state index contributed by atoms with van der Waals surface area (Å²) in [5, 5.41) is 11.2. The zero-order valence-electron chi connectivity index (χ0n) is 14.7. The number of hydrogen-bond donors (Lipinski definition) is 1. The van der Waals surface area contributed by atoms with Gasteiger partial charge in [0.15, 0.2) is 0 Å². The number of nitrogens with one attached hydrogen (secondary N) is 1. The van der Waals surface area contributed by atoms with Crippen LogP contribution in [0.15, 0.2) is 47.4 Å². The molecule has 0 saturated heterocycles. The van der Waals surface area contributed by atoms with E-state index in [-0.39, 0.29) is 24.4 Å². The maximum absolute atomic E-state index is 12.3. The van der Waals surface area contributed by atoms with E-state index >= 15 is 0 Å². The first-order valence-corrected chi connectivity index (χ1v) is 8.26. The highest BCUT2D eigenvalue weighted by Gasteiger charge is 2.08. The van der Waals surface area contributed by atoms with Gasteiger partial charge in [-0.2, -0.15) is 0 Å². The number of benzene rings is 1. The van der Waals surface area contributed by atoms with E-state index < -0.39 is 0 Å². The summed E-state index contributed by atoms with van der Waals surface area (Å²) in [4.78, 5) is 30.6. The molecular formula is C18H20N6O2. The summed E-state index contributed by atoms with van der Waals surface area (Å²) < 4.78 is 1.22. The SMILES string of the molecule is CN(C)c1cc(CNC(=O)CCn2nnc3ccccc3c2=O)ccn1. The molecule has 0 spiro atoms. The highest BCUT2D eigenvalue weighted by Crippen LogP contribution is 2.09. The molecule has 0 radical (unpaired) electrons. The van der Waals surface area contributed by atoms with E-state index in [1.54, 1.807) is 30.5 Å². The van der Waals surface area contributed by atoms with Gasteiger partial charge in [-0.15, -0.1) is 5.10 Å². The number of anilines is 1. The van der Waals surface area contributed by atoms with Gasteiger partial charge in [0.25, 0.3) is 5.56 Å². The molecule has 1 amide bonds. The molecule has 2 heterocycles. The molecule has 8 heteroatoms. The second-order valence-corrected chi connectivity index (χ2v) is 6.08. The number of carbonyl (C=O) groups is 1. The summed E-state index contributed by atoms with van der Waals surface area (Å²) >= 11 is 0. The van der Waals surface area contributed by atoms with Crippen molar-refractivity contribution in [3.8, 4) is 0 Å². The molecule has 0 unspecified atom stereocenters. The van der Waals surface area contributed by atoms with Crippen molar-refractivity contribution in [1.82, 2.24) is 25.3 Å². The van der Waals surface area contributed by atoms with E-state index in [2.05, 4.69) is 20.6 Å². The quantitative estimate of drug-likeness (QED) is 0.710. The van der Waals surface area contributed by atoms with Gasteiger partial charge in [0.2, 0.25) is 5.91 Å². The van der Waals surface area contributed by atoms with Gasteiger partial charge in [0.05, 0.1) is 11.9 Å². The third kappa shape index (κ3) is 4.02. The van der Waals surface area contributed by atoms with Crippen LogP contribution in [-0.2, 0) is 17.9 Å². The lowest BCUT2D eigenvalue weighted by atomic mass is 10.2. The molecule has 1 aromatic carbocycles. The van der Waals surface area contributed by atoms with Gasteiger partial charge in [-0.1, -0.05) is 17.3 Å². The Kier molecular flexibility index (Phi) is 5.21. The predicted octanol–water partition coefficient (Wildman–Crippen LogP) is 0.959. The molecule has 134 valence electrons. The third-order valence-electron chi connectivity index (χ3n) is 3.94. The molecular weight excluding hydrogens is 332 g/mol. The predicted molar refractivity (Wildman–Crippen MR) is 98.8 cm³/mol. The molecule has 0 aliphatic carbocycles.